The van der Waals surface area contributed by atoms with Gasteiger partial charge in [-0.15, -0.1) is 0 Å². The molecule has 9 heteroatoms. The van der Waals surface area contributed by atoms with E-state index in [1.165, 1.54) is 0 Å². The van der Waals surface area contributed by atoms with Gasteiger partial charge in [0.25, 0.3) is 0 Å². The molecular weight excluding hydrogens is 247 g/mol. The molecule has 0 heterocycles. The fourth-order valence-electron chi connectivity index (χ4n) is 0.829. The van der Waals surface area contributed by atoms with Crippen molar-refractivity contribution in [2.75, 3.05) is 19.5 Å². The molecule has 0 unspecified atom stereocenters. The van der Waals surface area contributed by atoms with Crippen LogP contribution in [0.15, 0.2) is 0 Å². The molecule has 0 radical (unpaired) electrons. The van der Waals surface area contributed by atoms with Gasteiger partial charge in [-0.1, -0.05) is 0 Å². The zero-order valence-electron chi connectivity index (χ0n) is 8.47. The molecule has 0 saturated heterocycles. The standard InChI is InChI=1S/C6H15O7PS/c1-3-13-14(8,12-2)6(7)4-5-15(9,10)11/h8,14H,3-5H2,1-2H3,(H,9,10,11). The summed E-state index contributed by atoms with van der Waals surface area (Å²) in [6.07, 6.45) is -0.532. The number of hydrogen-bond acceptors (Lipinski definition) is 6. The van der Waals surface area contributed by atoms with E-state index in [2.05, 4.69) is 4.52 Å². The van der Waals surface area contributed by atoms with Gasteiger partial charge in [-0.2, -0.15) is 0 Å². The monoisotopic (exact) mass is 262 g/mol. The molecule has 0 bridgehead atoms. The minimum atomic E-state index is -4.22. The molecular formula is C6H15O7PS. The molecule has 0 aliphatic heterocycles. The predicted octanol–water partition coefficient (Wildman–Crippen LogP) is -0.0390. The molecule has 0 spiro atoms. The Morgan fingerprint density at radius 1 is 1.47 bits per heavy atom. The average molecular weight is 262 g/mol. The number of hydrogen-bond donors (Lipinski definition) is 2. The van der Waals surface area contributed by atoms with E-state index < -0.39 is 35.8 Å². The molecule has 92 valence electrons. The summed E-state index contributed by atoms with van der Waals surface area (Å²) in [7, 11) is -7.06. The second-order valence-corrected chi connectivity index (χ2v) is 6.67. The second kappa shape index (κ2) is 5.83. The summed E-state index contributed by atoms with van der Waals surface area (Å²) in [6, 6.07) is 0. The normalized spacial score (nSPS) is 13.9. The molecule has 15 heavy (non-hydrogen) atoms. The van der Waals surface area contributed by atoms with E-state index in [4.69, 9.17) is 9.08 Å². The Hall–Kier alpha value is -0.110. The Bertz CT molecular complexity index is 313. The van der Waals surface area contributed by atoms with E-state index in [-0.39, 0.29) is 6.61 Å². The van der Waals surface area contributed by atoms with Crippen LogP contribution in [0.25, 0.3) is 0 Å². The Morgan fingerprint density at radius 3 is 2.33 bits per heavy atom. The quantitative estimate of drug-likeness (QED) is 0.489. The van der Waals surface area contributed by atoms with E-state index >= 15 is 0 Å². The van der Waals surface area contributed by atoms with Crippen LogP contribution in [0, 0.1) is 0 Å². The van der Waals surface area contributed by atoms with E-state index in [1.54, 1.807) is 6.92 Å². The van der Waals surface area contributed by atoms with E-state index in [9.17, 15) is 18.1 Å². The molecule has 0 aliphatic carbocycles. The van der Waals surface area contributed by atoms with Gasteiger partial charge in [-0.3, -0.25) is 0 Å². The van der Waals surface area contributed by atoms with Gasteiger partial charge >= 0.3 is 88.1 Å². The molecule has 0 amide bonds. The fourth-order valence-corrected chi connectivity index (χ4v) is 2.79. The summed E-state index contributed by atoms with van der Waals surface area (Å²) in [6.45, 7) is 1.64. The van der Waals surface area contributed by atoms with Crippen molar-refractivity contribution in [1.82, 2.24) is 0 Å². The zero-order chi connectivity index (χ0) is 12.1. The number of rotatable bonds is 7. The third-order valence-electron chi connectivity index (χ3n) is 1.56. The summed E-state index contributed by atoms with van der Waals surface area (Å²) in [5.74, 6) is -0.752. The molecule has 0 atom stereocenters. The average Bonchev–Trinajstić information content (AvgIpc) is 2.13. The van der Waals surface area contributed by atoms with Gasteiger partial charge in [-0.05, 0) is 0 Å². The summed E-state index contributed by atoms with van der Waals surface area (Å²) in [5, 5.41) is 0. The third kappa shape index (κ3) is 5.50. The molecule has 7 nitrogen and oxygen atoms in total. The molecule has 0 rings (SSSR count). The van der Waals surface area contributed by atoms with E-state index in [0.29, 0.717) is 0 Å². The first-order valence-electron chi connectivity index (χ1n) is 4.15. The maximum absolute atomic E-state index is 11.3. The van der Waals surface area contributed by atoms with E-state index in [1.807, 2.05) is 0 Å². The fraction of sp³-hybridized carbons (Fsp3) is 0.833. The number of carbonyl (C=O) groups is 1. The van der Waals surface area contributed by atoms with Crippen molar-refractivity contribution in [3.8, 4) is 0 Å². The van der Waals surface area contributed by atoms with Crippen molar-refractivity contribution in [2.24, 2.45) is 0 Å². The van der Waals surface area contributed by atoms with Crippen molar-refractivity contribution in [3.63, 3.8) is 0 Å². The zero-order valence-corrected chi connectivity index (χ0v) is 10.3. The van der Waals surface area contributed by atoms with Gasteiger partial charge in [0.15, 0.2) is 0 Å². The SMILES string of the molecule is CCO[PH](O)(OC)C(=O)CCS(=O)(=O)O. The number of carbonyl (C=O) groups excluding carboxylic acids is 1. The summed E-state index contributed by atoms with van der Waals surface area (Å²) >= 11 is 0. The van der Waals surface area contributed by atoms with Crippen LogP contribution in [-0.2, 0) is 24.0 Å². The van der Waals surface area contributed by atoms with Crippen LogP contribution >= 0.6 is 7.94 Å². The Morgan fingerprint density at radius 2 is 2.00 bits per heavy atom. The van der Waals surface area contributed by atoms with Gasteiger partial charge in [0.1, 0.15) is 0 Å². The maximum atomic E-state index is 11.3. The summed E-state index contributed by atoms with van der Waals surface area (Å²) < 4.78 is 38.4. The third-order valence-corrected chi connectivity index (χ3v) is 4.46. The minimum absolute atomic E-state index is 0.0776. The van der Waals surface area contributed by atoms with Crippen molar-refractivity contribution in [2.45, 2.75) is 13.3 Å². The van der Waals surface area contributed by atoms with Crippen molar-refractivity contribution in [3.05, 3.63) is 0 Å². The summed E-state index contributed by atoms with van der Waals surface area (Å²) in [5.41, 5.74) is -0.829. The Kier molecular flexibility index (Phi) is 5.79. The van der Waals surface area contributed by atoms with Gasteiger partial charge in [-0.25, -0.2) is 0 Å². The first-order valence-corrected chi connectivity index (χ1v) is 7.52. The molecule has 0 aromatic rings. The molecule has 0 aromatic heterocycles. The molecule has 0 saturated carbocycles. The van der Waals surface area contributed by atoms with Crippen molar-refractivity contribution >= 4 is 23.6 Å². The Balaban J connectivity index is 4.41. The van der Waals surface area contributed by atoms with Crippen molar-refractivity contribution in [1.29, 1.82) is 0 Å². The first-order chi connectivity index (χ1) is 6.75. The van der Waals surface area contributed by atoms with Crippen LogP contribution < -0.4 is 0 Å². The van der Waals surface area contributed by atoms with Crippen LogP contribution in [0.5, 0.6) is 0 Å². The van der Waals surface area contributed by atoms with E-state index in [0.717, 1.165) is 7.11 Å². The predicted molar refractivity (Wildman–Crippen MR) is 55.2 cm³/mol. The van der Waals surface area contributed by atoms with Gasteiger partial charge in [0, 0.05) is 0 Å². The van der Waals surface area contributed by atoms with Crippen LogP contribution in [0.1, 0.15) is 13.3 Å². The second-order valence-electron chi connectivity index (χ2n) is 2.68. The topological polar surface area (TPSA) is 110 Å². The van der Waals surface area contributed by atoms with Gasteiger partial charge < -0.3 is 0 Å². The molecule has 0 aliphatic rings. The van der Waals surface area contributed by atoms with Gasteiger partial charge in [0.2, 0.25) is 0 Å². The molecule has 0 aromatic carbocycles. The first kappa shape index (κ1) is 14.9. The Labute approximate surface area is 88.7 Å². The summed E-state index contributed by atoms with van der Waals surface area (Å²) in [4.78, 5) is 20.9. The molecule has 2 N–H and O–H groups in total. The van der Waals surface area contributed by atoms with Crippen LogP contribution in [0.4, 0.5) is 0 Å². The van der Waals surface area contributed by atoms with Crippen LogP contribution in [0.2, 0.25) is 0 Å². The van der Waals surface area contributed by atoms with Crippen LogP contribution in [-0.4, -0.2) is 42.9 Å². The van der Waals surface area contributed by atoms with Gasteiger partial charge in [0.05, 0.1) is 0 Å². The van der Waals surface area contributed by atoms with Crippen molar-refractivity contribution < 1.29 is 31.7 Å². The van der Waals surface area contributed by atoms with Crippen LogP contribution in [0.3, 0.4) is 0 Å². The molecule has 0 fully saturated rings.